The molecule has 0 unspecified atom stereocenters. The largest absolute Gasteiger partial charge is 0.444 e. The second-order valence-corrected chi connectivity index (χ2v) is 12.8. The van der Waals surface area contributed by atoms with Crippen molar-refractivity contribution < 1.29 is 19.1 Å². The maximum atomic E-state index is 13.1. The number of piperidine rings is 1. The average molecular weight is 570 g/mol. The molecule has 2 heterocycles. The summed E-state index contributed by atoms with van der Waals surface area (Å²) in [5.74, 6) is 0.192. The number of amides is 3. The quantitative estimate of drug-likeness (QED) is 0.496. The number of nitrogens with one attached hydrogen (secondary N) is 2. The van der Waals surface area contributed by atoms with Crippen LogP contribution in [-0.2, 0) is 27.9 Å². The highest BCUT2D eigenvalue weighted by Gasteiger charge is 2.29. The van der Waals surface area contributed by atoms with Crippen LogP contribution >= 0.6 is 0 Å². The summed E-state index contributed by atoms with van der Waals surface area (Å²) in [6, 6.07) is 6.14. The lowest BCUT2D eigenvalue weighted by molar-refractivity contribution is -0.130. The number of ether oxygens (including phenoxy) is 1. The van der Waals surface area contributed by atoms with Gasteiger partial charge in [0.15, 0.2) is 0 Å². The molecule has 10 nitrogen and oxygen atoms in total. The highest BCUT2D eigenvalue weighted by molar-refractivity contribution is 5.95. The molecule has 2 aliphatic rings. The van der Waals surface area contributed by atoms with Gasteiger partial charge in [0.1, 0.15) is 12.1 Å². The van der Waals surface area contributed by atoms with E-state index in [-0.39, 0.29) is 36.7 Å². The van der Waals surface area contributed by atoms with E-state index >= 15 is 0 Å². The molecule has 0 spiro atoms. The predicted molar refractivity (Wildman–Crippen MR) is 159 cm³/mol. The van der Waals surface area contributed by atoms with E-state index in [0.717, 1.165) is 74.8 Å². The Balaban J connectivity index is 1.32. The van der Waals surface area contributed by atoms with E-state index in [0.29, 0.717) is 18.3 Å². The van der Waals surface area contributed by atoms with Crippen molar-refractivity contribution in [3.8, 4) is 0 Å². The van der Waals surface area contributed by atoms with Gasteiger partial charge in [-0.15, -0.1) is 0 Å². The molecule has 1 aromatic heterocycles. The van der Waals surface area contributed by atoms with Crippen LogP contribution in [0.25, 0.3) is 11.0 Å². The van der Waals surface area contributed by atoms with Crippen LogP contribution in [0.4, 0.5) is 4.79 Å². The van der Waals surface area contributed by atoms with E-state index in [9.17, 15) is 19.2 Å². The first-order valence-electron chi connectivity index (χ1n) is 15.2. The third-order valence-corrected chi connectivity index (χ3v) is 8.36. The second-order valence-electron chi connectivity index (χ2n) is 12.8. The normalized spacial score (nSPS) is 20.6. The van der Waals surface area contributed by atoms with Crippen LogP contribution in [0.3, 0.4) is 0 Å². The molecule has 41 heavy (non-hydrogen) atoms. The van der Waals surface area contributed by atoms with Gasteiger partial charge in [-0.2, -0.15) is 0 Å². The molecule has 1 aliphatic heterocycles. The number of aryl methyl sites for hydroxylation is 1. The van der Waals surface area contributed by atoms with Crippen LogP contribution in [0, 0.1) is 5.92 Å². The van der Waals surface area contributed by atoms with Crippen LogP contribution in [-0.4, -0.2) is 63.2 Å². The Kier molecular flexibility index (Phi) is 9.94. The molecule has 1 saturated carbocycles. The van der Waals surface area contributed by atoms with E-state index in [1.165, 1.54) is 4.57 Å². The number of benzene rings is 1. The fourth-order valence-electron chi connectivity index (χ4n) is 6.38. The molecule has 4 rings (SSSR count). The van der Waals surface area contributed by atoms with Gasteiger partial charge in [-0.3, -0.25) is 24.0 Å². The average Bonchev–Trinajstić information content (AvgIpc) is 3.14. The summed E-state index contributed by atoms with van der Waals surface area (Å²) in [5.41, 5.74) is 2.02. The van der Waals surface area contributed by atoms with E-state index in [1.807, 2.05) is 39.8 Å². The van der Waals surface area contributed by atoms with Crippen molar-refractivity contribution in [1.82, 2.24) is 24.7 Å². The van der Waals surface area contributed by atoms with Crippen molar-refractivity contribution in [2.45, 2.75) is 103 Å². The molecule has 0 bridgehead atoms. The molecule has 226 valence electrons. The summed E-state index contributed by atoms with van der Waals surface area (Å²) in [5, 5.41) is 5.42. The van der Waals surface area contributed by atoms with E-state index < -0.39 is 11.5 Å². The smallest absolute Gasteiger partial charge is 0.407 e. The molecular formula is C31H47N5O5. The third-order valence-electron chi connectivity index (χ3n) is 8.36. The monoisotopic (exact) mass is 569 g/mol. The minimum Gasteiger partial charge on any atom is -0.444 e. The van der Waals surface area contributed by atoms with Gasteiger partial charge in [0.2, 0.25) is 11.8 Å². The molecule has 0 radical (unpaired) electrons. The van der Waals surface area contributed by atoms with Gasteiger partial charge >= 0.3 is 11.8 Å². The van der Waals surface area contributed by atoms with Gasteiger partial charge in [0, 0.05) is 26.1 Å². The van der Waals surface area contributed by atoms with Crippen LogP contribution in [0.2, 0.25) is 0 Å². The van der Waals surface area contributed by atoms with Crippen molar-refractivity contribution in [3.63, 3.8) is 0 Å². The van der Waals surface area contributed by atoms with E-state index in [2.05, 4.69) is 21.6 Å². The fraction of sp³-hybridized carbons (Fsp3) is 0.677. The summed E-state index contributed by atoms with van der Waals surface area (Å²) >= 11 is 0. The number of carbonyl (C=O) groups is 3. The zero-order valence-electron chi connectivity index (χ0n) is 25.3. The van der Waals surface area contributed by atoms with Crippen LogP contribution < -0.4 is 16.3 Å². The van der Waals surface area contributed by atoms with Crippen LogP contribution in [0.5, 0.6) is 0 Å². The lowest BCUT2D eigenvalue weighted by atomic mass is 9.84. The number of para-hydroxylation sites is 1. The standard InChI is InChI=1S/C31H47N5O5/c1-6-8-26(37)33-27(38)20-36-25-10-7-9-24(28(25)34(5)30(36)40)22-15-17-35(18-16-22)19-21-11-13-23(14-12-21)32-29(39)41-31(2,3)4/h7,9-10,21-23H,6,8,11-20H2,1-5H3,(H,32,39)(H,33,37,38). The lowest BCUT2D eigenvalue weighted by Crippen LogP contribution is -2.43. The van der Waals surface area contributed by atoms with Crippen molar-refractivity contribution in [3.05, 3.63) is 34.2 Å². The van der Waals surface area contributed by atoms with E-state index in [1.54, 1.807) is 11.6 Å². The molecule has 1 aliphatic carbocycles. The minimum absolute atomic E-state index is 0.178. The SMILES string of the molecule is CCCC(=O)NC(=O)Cn1c(=O)n(C)c2c(C3CCN(CC4CCC(NC(=O)OC(C)(C)C)CC4)CC3)cccc21. The molecule has 2 fully saturated rings. The summed E-state index contributed by atoms with van der Waals surface area (Å²) in [6.45, 7) is 10.4. The van der Waals surface area contributed by atoms with E-state index in [4.69, 9.17) is 4.74 Å². The molecular weight excluding hydrogens is 522 g/mol. The molecule has 2 N–H and O–H groups in total. The van der Waals surface area contributed by atoms with Gasteiger partial charge in [0.05, 0.1) is 11.0 Å². The molecule has 1 aromatic carbocycles. The number of fused-ring (bicyclic) bond motifs is 1. The topological polar surface area (TPSA) is 115 Å². The maximum absolute atomic E-state index is 13.1. The Morgan fingerprint density at radius 3 is 2.32 bits per heavy atom. The van der Waals surface area contributed by atoms with Crippen molar-refractivity contribution in [2.75, 3.05) is 19.6 Å². The lowest BCUT2D eigenvalue weighted by Gasteiger charge is -2.37. The van der Waals surface area contributed by atoms with Crippen LogP contribution in [0.15, 0.2) is 23.0 Å². The highest BCUT2D eigenvalue weighted by Crippen LogP contribution is 2.34. The Morgan fingerprint density at radius 2 is 1.68 bits per heavy atom. The van der Waals surface area contributed by atoms with Crippen molar-refractivity contribution in [1.29, 1.82) is 0 Å². The van der Waals surface area contributed by atoms with Crippen molar-refractivity contribution >= 4 is 28.9 Å². The zero-order valence-corrected chi connectivity index (χ0v) is 25.3. The maximum Gasteiger partial charge on any atom is 0.407 e. The molecule has 3 amide bonds. The number of rotatable bonds is 8. The minimum atomic E-state index is -0.483. The predicted octanol–water partition coefficient (Wildman–Crippen LogP) is 4.05. The van der Waals surface area contributed by atoms with Crippen LogP contribution in [0.1, 0.15) is 90.5 Å². The molecule has 0 atom stereocenters. The Morgan fingerprint density at radius 1 is 1.00 bits per heavy atom. The first-order chi connectivity index (χ1) is 19.4. The number of nitrogens with zero attached hydrogens (tertiary/aromatic N) is 3. The number of aromatic nitrogens is 2. The number of hydrogen-bond acceptors (Lipinski definition) is 6. The Hall–Kier alpha value is -3.14. The van der Waals surface area contributed by atoms with Gasteiger partial charge in [-0.1, -0.05) is 19.1 Å². The number of imide groups is 1. The summed E-state index contributed by atoms with van der Waals surface area (Å²) < 4.78 is 8.52. The number of likely N-dealkylation sites (tertiary alicyclic amines) is 1. The molecule has 10 heteroatoms. The van der Waals surface area contributed by atoms with Gasteiger partial charge in [0.25, 0.3) is 0 Å². The number of carbonyl (C=O) groups excluding carboxylic acids is 3. The van der Waals surface area contributed by atoms with Crippen molar-refractivity contribution in [2.24, 2.45) is 13.0 Å². The first kappa shape index (κ1) is 30.8. The van der Waals surface area contributed by atoms with Gasteiger partial charge in [-0.05, 0) is 102 Å². The zero-order chi connectivity index (χ0) is 29.7. The number of imidazole rings is 1. The highest BCUT2D eigenvalue weighted by atomic mass is 16.6. The second kappa shape index (κ2) is 13.2. The first-order valence-corrected chi connectivity index (χ1v) is 15.2. The Bertz CT molecular complexity index is 1290. The molecule has 2 aromatic rings. The van der Waals surface area contributed by atoms with Gasteiger partial charge < -0.3 is 15.0 Å². The Labute approximate surface area is 242 Å². The number of hydrogen-bond donors (Lipinski definition) is 2. The third kappa shape index (κ3) is 7.99. The number of alkyl carbamates (subject to hydrolysis) is 1. The fourth-order valence-corrected chi connectivity index (χ4v) is 6.38. The molecule has 1 saturated heterocycles. The summed E-state index contributed by atoms with van der Waals surface area (Å²) in [6.07, 6.45) is 6.82. The summed E-state index contributed by atoms with van der Waals surface area (Å²) in [7, 11) is 1.76. The summed E-state index contributed by atoms with van der Waals surface area (Å²) in [4.78, 5) is 52.1. The van der Waals surface area contributed by atoms with Gasteiger partial charge in [-0.25, -0.2) is 9.59 Å².